The van der Waals surface area contributed by atoms with Crippen LogP contribution in [0.15, 0.2) is 121 Å². The molecule has 0 saturated carbocycles. The van der Waals surface area contributed by atoms with Gasteiger partial charge < -0.3 is 30.5 Å². The first-order valence-electron chi connectivity index (χ1n) is 37.0. The summed E-state index contributed by atoms with van der Waals surface area (Å²) < 4.78 is 238. The summed E-state index contributed by atoms with van der Waals surface area (Å²) in [5.74, 6) is -1.19. The predicted octanol–water partition coefficient (Wildman–Crippen LogP) is 18.9. The van der Waals surface area contributed by atoms with Crippen molar-refractivity contribution >= 4 is 91.9 Å². The molecule has 45 heteroatoms. The molecule has 122 heavy (non-hydrogen) atoms. The van der Waals surface area contributed by atoms with Gasteiger partial charge in [-0.1, -0.05) is 45.9 Å². The summed E-state index contributed by atoms with van der Waals surface area (Å²) in [4.78, 5) is 70.9. The Hall–Kier alpha value is -10.2. The van der Waals surface area contributed by atoms with Crippen molar-refractivity contribution in [2.45, 2.75) is 90.9 Å². The second kappa shape index (κ2) is 41.8. The molecule has 0 aliphatic carbocycles. The second-order valence-corrected chi connectivity index (χ2v) is 32.5. The summed E-state index contributed by atoms with van der Waals surface area (Å²) in [6, 6.07) is 29.7. The summed E-state index contributed by atoms with van der Waals surface area (Å²) in [6.07, 6.45) is -24.4. The number of carbonyl (C=O) groups is 5. The van der Waals surface area contributed by atoms with Gasteiger partial charge in [-0.25, -0.2) is 0 Å². The van der Waals surface area contributed by atoms with Crippen LogP contribution in [0, 0.1) is 5.92 Å². The molecule has 5 amide bonds. The Morgan fingerprint density at radius 1 is 0.418 bits per heavy atom. The average molecular weight is 1830 g/mol. The maximum Gasteiger partial charge on any atom is 0.433 e. The van der Waals surface area contributed by atoms with Crippen LogP contribution in [-0.2, 0) is 70.9 Å². The minimum absolute atomic E-state index is 0.0142. The highest BCUT2D eigenvalue weighted by Gasteiger charge is 2.40. The number of hydrogen-bond acceptors (Lipinski definition) is 17. The van der Waals surface area contributed by atoms with Gasteiger partial charge in [-0.3, -0.25) is 52.3 Å². The third-order valence-electron chi connectivity index (χ3n) is 17.4. The van der Waals surface area contributed by atoms with Crippen LogP contribution < -0.4 is 20.9 Å². The maximum absolute atomic E-state index is 13.0. The van der Waals surface area contributed by atoms with E-state index in [0.29, 0.717) is 95.6 Å². The first-order chi connectivity index (χ1) is 57.1. The molecule has 3 N–H and O–H groups in total. The van der Waals surface area contributed by atoms with E-state index in [1.807, 2.05) is 51.1 Å². The molecule has 662 valence electrons. The van der Waals surface area contributed by atoms with Crippen LogP contribution in [-0.4, -0.2) is 167 Å². The van der Waals surface area contributed by atoms with E-state index in [1.54, 1.807) is 63.6 Å². The van der Waals surface area contributed by atoms with Gasteiger partial charge in [-0.2, -0.15) is 105 Å². The van der Waals surface area contributed by atoms with Gasteiger partial charge in [-0.05, 0) is 135 Å². The number of morpholine rings is 1. The number of carbonyl (C=O) groups excluding carboxylic acids is 5. The second-order valence-electron chi connectivity index (χ2n) is 27.1. The number of nitrogens with one attached hydrogen (secondary N) is 3. The summed E-state index contributed by atoms with van der Waals surface area (Å²) in [6.45, 7) is 15.2. The molecule has 1 saturated heterocycles. The number of anilines is 1. The van der Waals surface area contributed by atoms with Crippen LogP contribution >= 0.6 is 56.7 Å². The summed E-state index contributed by atoms with van der Waals surface area (Å²) in [5.41, 5.74) is -2.62. The number of aryl methyl sites for hydroxylation is 5. The van der Waals surface area contributed by atoms with Gasteiger partial charge in [0.25, 0.3) is 29.5 Å². The first-order valence-corrected chi connectivity index (χ1v) is 41.1. The quantitative estimate of drug-likeness (QED) is 0.0508. The zero-order chi connectivity index (χ0) is 90.1. The number of benzene rings is 1. The number of halogens is 18. The molecule has 0 radical (unpaired) electrons. The average Bonchev–Trinajstić information content (AvgIpc) is 1.68. The first kappa shape index (κ1) is 97.2. The lowest BCUT2D eigenvalue weighted by Crippen LogP contribution is -2.41. The van der Waals surface area contributed by atoms with Crippen molar-refractivity contribution in [3.8, 4) is 52.9 Å². The highest BCUT2D eigenvalue weighted by Crippen LogP contribution is 2.41. The Balaban J connectivity index is 0.000000190. The molecule has 1 aliphatic heterocycles. The van der Waals surface area contributed by atoms with Gasteiger partial charge in [0.05, 0.1) is 62.0 Å². The number of hydrogen-bond donors (Lipinski definition) is 3. The fourth-order valence-corrected chi connectivity index (χ4v) is 15.9. The topological polar surface area (TPSA) is 229 Å². The van der Waals surface area contributed by atoms with Crippen molar-refractivity contribution in [2.24, 2.45) is 41.2 Å². The minimum atomic E-state index is -4.58. The predicted molar refractivity (Wildman–Crippen MR) is 428 cm³/mol. The molecular formula is C77H82F18N16O6S5. The van der Waals surface area contributed by atoms with Crippen LogP contribution in [0.5, 0.6) is 0 Å². The molecule has 0 unspecified atom stereocenters. The van der Waals surface area contributed by atoms with Gasteiger partial charge >= 0.3 is 37.1 Å². The van der Waals surface area contributed by atoms with Gasteiger partial charge in [0.1, 0.15) is 63.5 Å². The highest BCUT2D eigenvalue weighted by molar-refractivity contribution is 7.18. The Kier molecular flexibility index (Phi) is 33.3. The van der Waals surface area contributed by atoms with Crippen LogP contribution in [0.25, 0.3) is 52.9 Å². The molecule has 10 aromatic heterocycles. The van der Waals surface area contributed by atoms with Gasteiger partial charge in [0.15, 0.2) is 0 Å². The van der Waals surface area contributed by atoms with Gasteiger partial charge in [0, 0.05) is 93.3 Å². The molecule has 0 bridgehead atoms. The molecule has 11 aromatic rings. The summed E-state index contributed by atoms with van der Waals surface area (Å²) in [5, 5.41) is 26.6. The Morgan fingerprint density at radius 2 is 0.730 bits per heavy atom. The van der Waals surface area contributed by atoms with Crippen molar-refractivity contribution in [1.29, 1.82) is 0 Å². The Morgan fingerprint density at radius 3 is 1.03 bits per heavy atom. The molecule has 0 spiro atoms. The zero-order valence-corrected chi connectivity index (χ0v) is 70.7. The molecule has 1 fully saturated rings. The van der Waals surface area contributed by atoms with E-state index in [4.69, 9.17) is 4.74 Å². The van der Waals surface area contributed by atoms with Crippen molar-refractivity contribution < 1.29 is 108 Å². The Bertz CT molecular complexity index is 5280. The van der Waals surface area contributed by atoms with Crippen molar-refractivity contribution in [1.82, 2.24) is 74.7 Å². The minimum Gasteiger partial charge on any atom is -0.379 e. The highest BCUT2D eigenvalue weighted by atomic mass is 32.1. The monoisotopic (exact) mass is 1830 g/mol. The SMILES string of the molecule is CC(C)CCNC(=O)c1ccc(-c2cc(C(F)(F)F)n(C)n2)s1.CCCN(C(=O)c1ccc(-c2cc(C(F)(F)F)n(C)n2)s1)c1ccccc1.CCCN(CC)C(=O)c1ccc(-c2cc(C(F)(F)F)n(C)n2)s1.Cn1nc(-c2ccc(C(=O)NCC(F)(F)F)s2)cc1C(F)(F)F.Cn1nc(-c2ccc(C(=O)NCCN3CCOCC3)s2)cc1C(F)(F)F. The number of thiophene rings is 5. The lowest BCUT2D eigenvalue weighted by atomic mass is 10.1. The van der Waals surface area contributed by atoms with Gasteiger partial charge in [-0.15, -0.1) is 56.7 Å². The van der Waals surface area contributed by atoms with Crippen LogP contribution in [0.2, 0.25) is 0 Å². The maximum atomic E-state index is 13.0. The van der Waals surface area contributed by atoms with Crippen LogP contribution in [0.1, 0.15) is 131 Å². The smallest absolute Gasteiger partial charge is 0.379 e. The van der Waals surface area contributed by atoms with E-state index in [2.05, 4.69) is 54.9 Å². The summed E-state index contributed by atoms with van der Waals surface area (Å²) in [7, 11) is 6.13. The van der Waals surface area contributed by atoms with Gasteiger partial charge in [0.2, 0.25) is 0 Å². The van der Waals surface area contributed by atoms with E-state index < -0.39 is 78.0 Å². The number of rotatable bonds is 23. The Labute approximate surface area is 706 Å². The molecule has 12 rings (SSSR count). The van der Waals surface area contributed by atoms with E-state index in [9.17, 15) is 103 Å². The molecule has 0 atom stereocenters. The van der Waals surface area contributed by atoms with E-state index >= 15 is 0 Å². The molecular weight excluding hydrogens is 1750 g/mol. The number of alkyl halides is 18. The fraction of sp³-hybridized carbons (Fsp3) is 0.403. The third kappa shape index (κ3) is 27.1. The molecule has 1 aromatic carbocycles. The lowest BCUT2D eigenvalue weighted by molar-refractivity contribution is -0.144. The third-order valence-corrected chi connectivity index (χ3v) is 22.9. The number of ether oxygens (including phenoxy) is 1. The van der Waals surface area contributed by atoms with Crippen LogP contribution in [0.3, 0.4) is 0 Å². The number of para-hydroxylation sites is 1. The van der Waals surface area contributed by atoms with Crippen molar-refractivity contribution in [3.05, 3.63) is 174 Å². The fourth-order valence-electron chi connectivity index (χ4n) is 11.4. The lowest BCUT2D eigenvalue weighted by Gasteiger charge is -2.26. The van der Waals surface area contributed by atoms with Crippen LogP contribution in [0.4, 0.5) is 84.7 Å². The molecule has 1 aliphatic rings. The molecule has 22 nitrogen and oxygen atoms in total. The normalized spacial score (nSPS) is 12.8. The number of aromatic nitrogens is 10. The zero-order valence-electron chi connectivity index (χ0n) is 66.6. The molecule has 11 heterocycles. The largest absolute Gasteiger partial charge is 0.433 e. The number of nitrogens with zero attached hydrogens (tertiary/aromatic N) is 13. The summed E-state index contributed by atoms with van der Waals surface area (Å²) >= 11 is 5.31. The van der Waals surface area contributed by atoms with E-state index in [-0.39, 0.29) is 61.9 Å². The van der Waals surface area contributed by atoms with E-state index in [1.165, 1.54) is 40.3 Å². The van der Waals surface area contributed by atoms with Crippen molar-refractivity contribution in [3.63, 3.8) is 0 Å². The van der Waals surface area contributed by atoms with E-state index in [0.717, 1.165) is 157 Å². The standard InChI is InChI=1S/C19H18F3N3OS.C16H19F3N4O2S.2C15H18F3N3OS.C12H9F6N3OS/c1-3-11-25(13-7-5-4-6-8-13)18(26)16-10-9-15(27-16)14-12-17(19(20,21)22)24(2)23-14;1-22-14(16(17,18)19)10-11(21-22)12-2-3-13(26-12)15(24)20-4-5-23-6-8-25-9-7-23;1-9(2)6-7-19-14(22)12-5-4-11(23-12)10-8-13(15(16,17)18)21(3)20-10;1-4-8-21(5-2)14(22)12-7-6-11(23-12)10-9-13(15(16,17)18)20(3)19-10;1-21-9(12(16,17)18)4-6(20-21)7-2-3-8(23-7)10(22)19-5-11(13,14)15/h4-10,12H,3,11H2,1-2H3;2-3,10H,4-9H2,1H3,(H,20,24);4-5,8-9H,6-7H2,1-3H3,(H,19,22);6-7,9H,4-5,8H2,1-3H3;2-4H,5H2,1H3,(H,19,22). The van der Waals surface area contributed by atoms with Crippen molar-refractivity contribution in [2.75, 3.05) is 77.0 Å². The number of amides is 5.